The summed E-state index contributed by atoms with van der Waals surface area (Å²) in [4.78, 5) is 4.55. The highest BCUT2D eigenvalue weighted by molar-refractivity contribution is 6.32. The van der Waals surface area contributed by atoms with E-state index in [1.54, 1.807) is 0 Å². The van der Waals surface area contributed by atoms with E-state index in [4.69, 9.17) is 7.85 Å². The predicted octanol–water partition coefficient (Wildman–Crippen LogP) is 3.52. The molecule has 0 aliphatic rings. The highest BCUT2D eigenvalue weighted by Crippen LogP contribution is 2.22. The van der Waals surface area contributed by atoms with Gasteiger partial charge in [-0.25, -0.2) is 0 Å². The van der Waals surface area contributed by atoms with E-state index < -0.39 is 0 Å². The minimum absolute atomic E-state index is 0.776. The summed E-state index contributed by atoms with van der Waals surface area (Å²) in [5, 5.41) is 0. The lowest BCUT2D eigenvalue weighted by atomic mass is 9.94. The maximum absolute atomic E-state index is 5.70. The van der Waals surface area contributed by atoms with E-state index in [0.29, 0.717) is 0 Å². The molecular formula is C18H14BN. The minimum Gasteiger partial charge on any atom is -0.256 e. The van der Waals surface area contributed by atoms with E-state index in [1.807, 2.05) is 30.5 Å². The van der Waals surface area contributed by atoms with Crippen LogP contribution in [0, 0.1) is 6.92 Å². The normalized spacial score (nSPS) is 10.4. The van der Waals surface area contributed by atoms with E-state index in [0.717, 1.165) is 27.8 Å². The van der Waals surface area contributed by atoms with Crippen molar-refractivity contribution in [2.24, 2.45) is 0 Å². The molecule has 0 saturated carbocycles. The zero-order valence-electron chi connectivity index (χ0n) is 11.4. The molecule has 3 aromatic rings. The lowest BCUT2D eigenvalue weighted by molar-refractivity contribution is 1.32. The maximum Gasteiger partial charge on any atom is 0.113 e. The summed E-state index contributed by atoms with van der Waals surface area (Å²) in [5.74, 6) is 0. The second-order valence-corrected chi connectivity index (χ2v) is 4.92. The molecule has 0 spiro atoms. The molecule has 0 aliphatic heterocycles. The molecule has 2 heteroatoms. The third kappa shape index (κ3) is 2.64. The fourth-order valence-electron chi connectivity index (χ4n) is 2.14. The van der Waals surface area contributed by atoms with Gasteiger partial charge in [0.25, 0.3) is 0 Å². The molecule has 0 N–H and O–H groups in total. The van der Waals surface area contributed by atoms with Crippen molar-refractivity contribution < 1.29 is 0 Å². The van der Waals surface area contributed by atoms with Crippen molar-refractivity contribution in [3.8, 4) is 22.4 Å². The van der Waals surface area contributed by atoms with E-state index in [-0.39, 0.29) is 0 Å². The Kier molecular flexibility index (Phi) is 3.38. The Hall–Kier alpha value is -2.35. The Labute approximate surface area is 120 Å². The highest BCUT2D eigenvalue weighted by Gasteiger charge is 2.01. The van der Waals surface area contributed by atoms with Crippen molar-refractivity contribution in [1.29, 1.82) is 0 Å². The quantitative estimate of drug-likeness (QED) is 0.638. The minimum atomic E-state index is 0.776. The van der Waals surface area contributed by atoms with E-state index in [2.05, 4.69) is 48.3 Å². The summed E-state index contributed by atoms with van der Waals surface area (Å²) < 4.78 is 0. The van der Waals surface area contributed by atoms with Crippen molar-refractivity contribution >= 4 is 13.3 Å². The average molecular weight is 255 g/mol. The number of rotatable bonds is 2. The predicted molar refractivity (Wildman–Crippen MR) is 85.2 cm³/mol. The molecule has 0 amide bonds. The molecule has 3 rings (SSSR count). The molecular weight excluding hydrogens is 241 g/mol. The summed E-state index contributed by atoms with van der Waals surface area (Å²) in [6, 6.07) is 20.4. The maximum atomic E-state index is 5.70. The molecule has 0 atom stereocenters. The molecule has 1 aromatic heterocycles. The first-order chi connectivity index (χ1) is 9.72. The Morgan fingerprint density at radius 2 is 1.30 bits per heavy atom. The summed E-state index contributed by atoms with van der Waals surface area (Å²) in [5.41, 5.74) is 6.39. The Balaban J connectivity index is 1.91. The molecule has 94 valence electrons. The molecule has 2 aromatic carbocycles. The fourth-order valence-corrected chi connectivity index (χ4v) is 2.14. The van der Waals surface area contributed by atoms with E-state index in [1.165, 1.54) is 5.56 Å². The molecule has 0 bridgehead atoms. The molecule has 1 heterocycles. The monoisotopic (exact) mass is 255 g/mol. The van der Waals surface area contributed by atoms with Crippen molar-refractivity contribution in [1.82, 2.24) is 4.98 Å². The van der Waals surface area contributed by atoms with Gasteiger partial charge in [-0.2, -0.15) is 0 Å². The summed E-state index contributed by atoms with van der Waals surface area (Å²) in [6.45, 7) is 2.08. The van der Waals surface area contributed by atoms with Gasteiger partial charge in [0.1, 0.15) is 7.85 Å². The van der Waals surface area contributed by atoms with Crippen LogP contribution in [0.5, 0.6) is 0 Å². The van der Waals surface area contributed by atoms with Crippen molar-refractivity contribution in [2.75, 3.05) is 0 Å². The standard InChI is InChI=1S/C18H14BN/c1-13-2-4-15(5-3-13)18-11-8-16(12-20-18)14-6-9-17(19)10-7-14/h2-12H,1H3. The van der Waals surface area contributed by atoms with Gasteiger partial charge in [-0.15, -0.1) is 0 Å². The molecule has 2 radical (unpaired) electrons. The van der Waals surface area contributed by atoms with Crippen molar-refractivity contribution in [3.63, 3.8) is 0 Å². The Morgan fingerprint density at radius 3 is 1.90 bits per heavy atom. The third-order valence-electron chi connectivity index (χ3n) is 3.35. The Bertz CT molecular complexity index is 633. The van der Waals surface area contributed by atoms with Gasteiger partial charge in [-0.3, -0.25) is 4.98 Å². The van der Waals surface area contributed by atoms with Crippen LogP contribution < -0.4 is 5.46 Å². The number of aryl methyl sites for hydroxylation is 1. The van der Waals surface area contributed by atoms with Gasteiger partial charge in [0.15, 0.2) is 0 Å². The number of nitrogens with zero attached hydrogens (tertiary/aromatic N) is 1. The Morgan fingerprint density at radius 1 is 0.700 bits per heavy atom. The molecule has 0 fully saturated rings. The first kappa shape index (κ1) is 12.7. The van der Waals surface area contributed by atoms with Crippen LogP contribution in [-0.2, 0) is 0 Å². The van der Waals surface area contributed by atoms with Crippen LogP contribution in [0.1, 0.15) is 5.56 Å². The summed E-state index contributed by atoms with van der Waals surface area (Å²) >= 11 is 0. The molecule has 1 nitrogen and oxygen atoms in total. The van der Waals surface area contributed by atoms with E-state index >= 15 is 0 Å². The van der Waals surface area contributed by atoms with Gasteiger partial charge >= 0.3 is 0 Å². The summed E-state index contributed by atoms with van der Waals surface area (Å²) in [6.07, 6.45) is 1.90. The number of pyridine rings is 1. The van der Waals surface area contributed by atoms with Crippen molar-refractivity contribution in [3.05, 3.63) is 72.4 Å². The molecule has 0 aliphatic carbocycles. The van der Waals surface area contributed by atoms with E-state index in [9.17, 15) is 0 Å². The number of hydrogen-bond donors (Lipinski definition) is 0. The SMILES string of the molecule is [B]c1ccc(-c2ccc(-c3ccc(C)cc3)nc2)cc1. The zero-order valence-corrected chi connectivity index (χ0v) is 11.4. The van der Waals surface area contributed by atoms with Gasteiger partial charge in [0.05, 0.1) is 5.69 Å². The smallest absolute Gasteiger partial charge is 0.113 e. The summed E-state index contributed by atoms with van der Waals surface area (Å²) in [7, 11) is 5.70. The topological polar surface area (TPSA) is 12.9 Å². The lowest BCUT2D eigenvalue weighted by Crippen LogP contribution is -1.99. The lowest BCUT2D eigenvalue weighted by Gasteiger charge is -2.05. The van der Waals surface area contributed by atoms with Crippen LogP contribution in [0.25, 0.3) is 22.4 Å². The van der Waals surface area contributed by atoms with Crippen molar-refractivity contribution in [2.45, 2.75) is 6.92 Å². The first-order valence-corrected chi connectivity index (χ1v) is 6.61. The van der Waals surface area contributed by atoms with Gasteiger partial charge in [0.2, 0.25) is 0 Å². The number of hydrogen-bond acceptors (Lipinski definition) is 1. The molecule has 0 saturated heterocycles. The highest BCUT2D eigenvalue weighted by atomic mass is 14.7. The van der Waals surface area contributed by atoms with Crippen LogP contribution in [0.3, 0.4) is 0 Å². The van der Waals surface area contributed by atoms with Crippen LogP contribution in [0.4, 0.5) is 0 Å². The average Bonchev–Trinajstić information content (AvgIpc) is 2.49. The van der Waals surface area contributed by atoms with Crippen LogP contribution in [0.2, 0.25) is 0 Å². The molecule has 0 unspecified atom stereocenters. The van der Waals surface area contributed by atoms with Crippen LogP contribution in [0.15, 0.2) is 66.9 Å². The van der Waals surface area contributed by atoms with Crippen LogP contribution >= 0.6 is 0 Å². The van der Waals surface area contributed by atoms with Gasteiger partial charge in [-0.05, 0) is 18.6 Å². The first-order valence-electron chi connectivity index (χ1n) is 6.61. The van der Waals surface area contributed by atoms with Gasteiger partial charge in [0, 0.05) is 17.3 Å². The number of benzene rings is 2. The van der Waals surface area contributed by atoms with Crippen LogP contribution in [-0.4, -0.2) is 12.8 Å². The molecule has 20 heavy (non-hydrogen) atoms. The second kappa shape index (κ2) is 5.34. The van der Waals surface area contributed by atoms with Gasteiger partial charge in [-0.1, -0.05) is 65.6 Å². The van der Waals surface area contributed by atoms with Gasteiger partial charge < -0.3 is 0 Å². The third-order valence-corrected chi connectivity index (χ3v) is 3.35. The largest absolute Gasteiger partial charge is 0.256 e. The second-order valence-electron chi connectivity index (χ2n) is 4.92. The number of aromatic nitrogens is 1. The zero-order chi connectivity index (χ0) is 13.9. The fraction of sp³-hybridized carbons (Fsp3) is 0.0556.